The third-order valence-corrected chi connectivity index (χ3v) is 4.15. The van der Waals surface area contributed by atoms with Crippen molar-refractivity contribution in [1.82, 2.24) is 9.88 Å². The SMILES string of the molecule is CC(C)CN(CC(C)C)C(C)c1nc(CCl)cs1. The Bertz CT molecular complexity index is 339. The molecule has 0 bridgehead atoms. The van der Waals surface area contributed by atoms with Gasteiger partial charge in [-0.05, 0) is 18.8 Å². The third kappa shape index (κ3) is 4.87. The minimum absolute atomic E-state index is 0.386. The molecule has 0 N–H and O–H groups in total. The summed E-state index contributed by atoms with van der Waals surface area (Å²) < 4.78 is 0. The minimum atomic E-state index is 0.386. The fourth-order valence-corrected chi connectivity index (χ4v) is 3.20. The highest BCUT2D eigenvalue weighted by molar-refractivity contribution is 7.09. The van der Waals surface area contributed by atoms with Crippen molar-refractivity contribution in [3.63, 3.8) is 0 Å². The number of halogens is 1. The Morgan fingerprint density at radius 1 is 1.17 bits per heavy atom. The van der Waals surface area contributed by atoms with Crippen LogP contribution in [0.2, 0.25) is 0 Å². The Hall–Kier alpha value is -0.120. The predicted molar refractivity (Wildman–Crippen MR) is 81.3 cm³/mol. The summed E-state index contributed by atoms with van der Waals surface area (Å²) in [6.45, 7) is 13.6. The Kier molecular flexibility index (Phi) is 6.61. The molecule has 0 aliphatic rings. The molecule has 0 saturated heterocycles. The monoisotopic (exact) mass is 288 g/mol. The number of hydrogen-bond acceptors (Lipinski definition) is 3. The Morgan fingerprint density at radius 2 is 1.72 bits per heavy atom. The standard InChI is InChI=1S/C14H25ClN2S/c1-10(2)7-17(8-11(3)4)12(5)14-16-13(6-15)9-18-14/h9-12H,6-8H2,1-5H3. The number of nitrogens with zero attached hydrogens (tertiary/aromatic N) is 2. The van der Waals surface area contributed by atoms with Crippen LogP contribution >= 0.6 is 22.9 Å². The van der Waals surface area contributed by atoms with E-state index in [0.717, 1.165) is 18.8 Å². The molecule has 0 aliphatic carbocycles. The molecule has 1 rings (SSSR count). The molecule has 2 nitrogen and oxygen atoms in total. The molecule has 1 aromatic rings. The molecule has 0 amide bonds. The molecule has 104 valence electrons. The second-order valence-corrected chi connectivity index (χ2v) is 6.89. The van der Waals surface area contributed by atoms with Crippen molar-refractivity contribution >= 4 is 22.9 Å². The van der Waals surface area contributed by atoms with Crippen molar-refractivity contribution in [1.29, 1.82) is 0 Å². The van der Waals surface area contributed by atoms with Crippen LogP contribution in [0.3, 0.4) is 0 Å². The lowest BCUT2D eigenvalue weighted by Gasteiger charge is -2.30. The van der Waals surface area contributed by atoms with Gasteiger partial charge in [0, 0.05) is 18.5 Å². The minimum Gasteiger partial charge on any atom is -0.294 e. The third-order valence-electron chi connectivity index (χ3n) is 2.81. The molecule has 0 aromatic carbocycles. The topological polar surface area (TPSA) is 16.1 Å². The van der Waals surface area contributed by atoms with Crippen LogP contribution in [0.4, 0.5) is 0 Å². The number of rotatable bonds is 7. The van der Waals surface area contributed by atoms with Crippen molar-refractivity contribution < 1.29 is 0 Å². The molecular formula is C14H25ClN2S. The molecule has 0 spiro atoms. The molecule has 18 heavy (non-hydrogen) atoms. The maximum Gasteiger partial charge on any atom is 0.110 e. The van der Waals surface area contributed by atoms with E-state index in [4.69, 9.17) is 11.6 Å². The van der Waals surface area contributed by atoms with Gasteiger partial charge >= 0.3 is 0 Å². The molecule has 1 unspecified atom stereocenters. The average Bonchev–Trinajstić information content (AvgIpc) is 2.74. The van der Waals surface area contributed by atoms with Gasteiger partial charge < -0.3 is 0 Å². The van der Waals surface area contributed by atoms with E-state index in [1.165, 1.54) is 5.01 Å². The van der Waals surface area contributed by atoms with E-state index in [-0.39, 0.29) is 0 Å². The van der Waals surface area contributed by atoms with Crippen LogP contribution in [-0.4, -0.2) is 23.0 Å². The summed E-state index contributed by atoms with van der Waals surface area (Å²) in [5, 5.41) is 3.26. The molecule has 0 fully saturated rings. The number of aromatic nitrogens is 1. The summed E-state index contributed by atoms with van der Waals surface area (Å²) in [6, 6.07) is 0.386. The van der Waals surface area contributed by atoms with Gasteiger partial charge in [-0.25, -0.2) is 4.98 Å². The van der Waals surface area contributed by atoms with Crippen LogP contribution in [0.15, 0.2) is 5.38 Å². The lowest BCUT2D eigenvalue weighted by molar-refractivity contribution is 0.167. The van der Waals surface area contributed by atoms with Crippen molar-refractivity contribution in [3.05, 3.63) is 16.1 Å². The number of alkyl halides is 1. The van der Waals surface area contributed by atoms with E-state index >= 15 is 0 Å². The molecule has 4 heteroatoms. The number of thiazole rings is 1. The summed E-state index contributed by atoms with van der Waals surface area (Å²) in [6.07, 6.45) is 0. The second kappa shape index (κ2) is 7.46. The average molecular weight is 289 g/mol. The van der Waals surface area contributed by atoms with Gasteiger partial charge in [-0.15, -0.1) is 22.9 Å². The molecule has 0 radical (unpaired) electrons. The maximum absolute atomic E-state index is 5.82. The first kappa shape index (κ1) is 15.9. The largest absolute Gasteiger partial charge is 0.294 e. The van der Waals surface area contributed by atoms with Crippen molar-refractivity contribution in [2.24, 2.45) is 11.8 Å². The first-order valence-corrected chi connectivity index (χ1v) is 8.09. The van der Waals surface area contributed by atoms with Gasteiger partial charge in [-0.1, -0.05) is 27.7 Å². The predicted octanol–water partition coefficient (Wildman–Crippen LogP) is 4.56. The molecule has 1 heterocycles. The summed E-state index contributed by atoms with van der Waals surface area (Å²) in [4.78, 5) is 7.14. The van der Waals surface area contributed by atoms with Crippen LogP contribution in [0.5, 0.6) is 0 Å². The zero-order valence-electron chi connectivity index (χ0n) is 12.1. The van der Waals surface area contributed by atoms with Crippen molar-refractivity contribution in [2.75, 3.05) is 13.1 Å². The van der Waals surface area contributed by atoms with Gasteiger partial charge in [0.05, 0.1) is 17.6 Å². The van der Waals surface area contributed by atoms with Crippen LogP contribution in [-0.2, 0) is 5.88 Å². The Labute approximate surface area is 120 Å². The van der Waals surface area contributed by atoms with Crippen molar-refractivity contribution in [3.8, 4) is 0 Å². The molecule has 0 aliphatic heterocycles. The van der Waals surface area contributed by atoms with Gasteiger partial charge in [0.1, 0.15) is 5.01 Å². The first-order chi connectivity index (χ1) is 8.43. The van der Waals surface area contributed by atoms with E-state index in [9.17, 15) is 0 Å². The smallest absolute Gasteiger partial charge is 0.110 e. The quantitative estimate of drug-likeness (QED) is 0.684. The summed E-state index contributed by atoms with van der Waals surface area (Å²) in [7, 11) is 0. The summed E-state index contributed by atoms with van der Waals surface area (Å²) >= 11 is 7.55. The fraction of sp³-hybridized carbons (Fsp3) is 0.786. The number of hydrogen-bond donors (Lipinski definition) is 0. The molecular weight excluding hydrogens is 264 g/mol. The highest BCUT2D eigenvalue weighted by Crippen LogP contribution is 2.26. The van der Waals surface area contributed by atoms with Gasteiger partial charge in [0.2, 0.25) is 0 Å². The first-order valence-electron chi connectivity index (χ1n) is 6.68. The normalized spacial score (nSPS) is 13.8. The highest BCUT2D eigenvalue weighted by Gasteiger charge is 2.20. The molecule has 1 aromatic heterocycles. The Morgan fingerprint density at radius 3 is 2.11 bits per heavy atom. The molecule has 1 atom stereocenters. The van der Waals surface area contributed by atoms with E-state index in [1.54, 1.807) is 11.3 Å². The lowest BCUT2D eigenvalue weighted by atomic mass is 10.1. The lowest BCUT2D eigenvalue weighted by Crippen LogP contribution is -2.33. The Balaban J connectivity index is 2.76. The van der Waals surface area contributed by atoms with Crippen LogP contribution in [0.1, 0.15) is 51.4 Å². The fourth-order valence-electron chi connectivity index (χ4n) is 2.06. The summed E-state index contributed by atoms with van der Waals surface area (Å²) in [5.41, 5.74) is 0.998. The van der Waals surface area contributed by atoms with Crippen LogP contribution < -0.4 is 0 Å². The van der Waals surface area contributed by atoms with Crippen LogP contribution in [0.25, 0.3) is 0 Å². The van der Waals surface area contributed by atoms with E-state index in [2.05, 4.69) is 49.9 Å². The van der Waals surface area contributed by atoms with E-state index in [1.807, 2.05) is 0 Å². The molecule has 0 saturated carbocycles. The van der Waals surface area contributed by atoms with Crippen molar-refractivity contribution in [2.45, 2.75) is 46.5 Å². The van der Waals surface area contributed by atoms with Gasteiger partial charge in [0.25, 0.3) is 0 Å². The van der Waals surface area contributed by atoms with E-state index in [0.29, 0.717) is 23.8 Å². The zero-order chi connectivity index (χ0) is 13.7. The van der Waals surface area contributed by atoms with Crippen LogP contribution in [0, 0.1) is 11.8 Å². The van der Waals surface area contributed by atoms with Gasteiger partial charge in [-0.2, -0.15) is 0 Å². The van der Waals surface area contributed by atoms with Gasteiger partial charge in [0.15, 0.2) is 0 Å². The van der Waals surface area contributed by atoms with Gasteiger partial charge in [-0.3, -0.25) is 4.90 Å². The second-order valence-electron chi connectivity index (χ2n) is 5.73. The van der Waals surface area contributed by atoms with E-state index < -0.39 is 0 Å². The zero-order valence-corrected chi connectivity index (χ0v) is 13.7. The summed E-state index contributed by atoms with van der Waals surface area (Å²) in [5.74, 6) is 1.87. The maximum atomic E-state index is 5.82. The highest BCUT2D eigenvalue weighted by atomic mass is 35.5.